The van der Waals surface area contributed by atoms with Crippen LogP contribution in [0.3, 0.4) is 0 Å². The third kappa shape index (κ3) is 5.58. The number of hydrogen-bond acceptors (Lipinski definition) is 9. The zero-order valence-corrected chi connectivity index (χ0v) is 23.5. The molecule has 4 aromatic rings. The largest absolute Gasteiger partial charge is 0.465 e. The van der Waals surface area contributed by atoms with E-state index in [0.29, 0.717) is 32.1 Å². The van der Waals surface area contributed by atoms with Crippen LogP contribution in [0.1, 0.15) is 44.5 Å². The lowest BCUT2D eigenvalue weighted by Gasteiger charge is -2.38. The lowest BCUT2D eigenvalue weighted by molar-refractivity contribution is -0.129. The van der Waals surface area contributed by atoms with Gasteiger partial charge in [0.25, 0.3) is 0 Å². The van der Waals surface area contributed by atoms with Crippen molar-refractivity contribution in [3.8, 4) is 11.4 Å². The van der Waals surface area contributed by atoms with E-state index in [0.717, 1.165) is 37.4 Å². The molecule has 1 unspecified atom stereocenters. The van der Waals surface area contributed by atoms with E-state index >= 15 is 0 Å². The number of benzene rings is 1. The molecule has 12 nitrogen and oxygen atoms in total. The van der Waals surface area contributed by atoms with Crippen molar-refractivity contribution in [2.24, 2.45) is 5.41 Å². The van der Waals surface area contributed by atoms with Crippen LogP contribution in [0.25, 0.3) is 32.5 Å². The summed E-state index contributed by atoms with van der Waals surface area (Å²) in [7, 11) is 0. The van der Waals surface area contributed by atoms with Gasteiger partial charge in [0.1, 0.15) is 0 Å². The topological polar surface area (TPSA) is 157 Å². The van der Waals surface area contributed by atoms with Gasteiger partial charge < -0.3 is 14.7 Å². The summed E-state index contributed by atoms with van der Waals surface area (Å²) < 4.78 is 6.48. The maximum Gasteiger partial charge on any atom is 0.407 e. The molecule has 4 N–H and O–H groups in total. The van der Waals surface area contributed by atoms with Crippen LogP contribution in [0.5, 0.6) is 0 Å². The number of nitrogens with one attached hydrogen (secondary N) is 2. The van der Waals surface area contributed by atoms with Crippen molar-refractivity contribution in [1.29, 1.82) is 0 Å². The van der Waals surface area contributed by atoms with Gasteiger partial charge in [-0.2, -0.15) is 5.10 Å². The average molecular weight is 568 g/mol. The van der Waals surface area contributed by atoms with E-state index in [1.165, 1.54) is 16.2 Å². The van der Waals surface area contributed by atoms with Crippen molar-refractivity contribution in [3.05, 3.63) is 35.3 Å². The van der Waals surface area contributed by atoms with Crippen molar-refractivity contribution in [2.75, 3.05) is 37.7 Å². The standard InChI is InChI=1S/C27H33N7O5S/c1-27(2,3)23(34(26(36)37)9-5-8-21(35)32-38)20-14-19-22(40-20)25(33-10-12-39-13-11-33)30-24(29-19)16-6-4-7-18-17(16)15-28-31-18/h4,6-7,14-15,23,38H,5,8-13H2,1-3H3,(H,28,31)(H,32,35)(H,36,37). The Labute approximate surface area is 234 Å². The number of hydrogen-bond donors (Lipinski definition) is 4. The first-order chi connectivity index (χ1) is 19.2. The Balaban J connectivity index is 1.63. The van der Waals surface area contributed by atoms with E-state index in [4.69, 9.17) is 19.9 Å². The summed E-state index contributed by atoms with van der Waals surface area (Å²) in [5, 5.41) is 27.2. The summed E-state index contributed by atoms with van der Waals surface area (Å²) in [6, 6.07) is 7.33. The van der Waals surface area contributed by atoms with Crippen molar-refractivity contribution >= 4 is 50.3 Å². The number of anilines is 1. The number of nitrogens with zero attached hydrogens (tertiary/aromatic N) is 5. The normalized spacial score (nSPS) is 14.9. The quantitative estimate of drug-likeness (QED) is 0.179. The van der Waals surface area contributed by atoms with E-state index in [-0.39, 0.29) is 19.4 Å². The smallest absolute Gasteiger partial charge is 0.407 e. The number of aromatic nitrogens is 4. The minimum absolute atomic E-state index is 0.0130. The van der Waals surface area contributed by atoms with Crippen LogP contribution in [-0.4, -0.2) is 80.2 Å². The first kappa shape index (κ1) is 27.7. The number of fused-ring (bicyclic) bond motifs is 2. The fourth-order valence-electron chi connectivity index (χ4n) is 5.19. The molecule has 0 spiro atoms. The molecule has 0 radical (unpaired) electrons. The number of thiophene rings is 1. The Bertz CT molecular complexity index is 1520. The summed E-state index contributed by atoms with van der Waals surface area (Å²) in [5.41, 5.74) is 3.63. The highest BCUT2D eigenvalue weighted by Crippen LogP contribution is 2.45. The van der Waals surface area contributed by atoms with E-state index < -0.39 is 23.5 Å². The number of carbonyl (C=O) groups is 2. The summed E-state index contributed by atoms with van der Waals surface area (Å²) in [6.45, 7) is 8.68. The molecule has 4 heterocycles. The maximum atomic E-state index is 12.5. The highest BCUT2D eigenvalue weighted by Gasteiger charge is 2.37. The molecule has 13 heteroatoms. The Kier molecular flexibility index (Phi) is 7.88. The molecular formula is C27H33N7O5S. The fourth-order valence-corrected chi connectivity index (χ4v) is 6.66. The molecule has 1 fully saturated rings. The van der Waals surface area contributed by atoms with Crippen molar-refractivity contribution in [2.45, 2.75) is 39.7 Å². The van der Waals surface area contributed by atoms with E-state index in [1.54, 1.807) is 11.7 Å². The summed E-state index contributed by atoms with van der Waals surface area (Å²) in [4.78, 5) is 38.5. The Morgan fingerprint density at radius 2 is 2.02 bits per heavy atom. The number of morpholine rings is 1. The molecule has 1 aromatic carbocycles. The predicted octanol–water partition coefficient (Wildman–Crippen LogP) is 4.42. The molecule has 1 atom stereocenters. The van der Waals surface area contributed by atoms with Crippen LogP contribution in [0.2, 0.25) is 0 Å². The first-order valence-corrected chi connectivity index (χ1v) is 14.0. The molecule has 0 bridgehead atoms. The van der Waals surface area contributed by atoms with Gasteiger partial charge in [0, 0.05) is 41.9 Å². The van der Waals surface area contributed by atoms with Crippen LogP contribution in [0.4, 0.5) is 10.6 Å². The van der Waals surface area contributed by atoms with Gasteiger partial charge in [-0.1, -0.05) is 32.9 Å². The van der Waals surface area contributed by atoms with Gasteiger partial charge in [-0.15, -0.1) is 11.3 Å². The molecule has 5 rings (SSSR count). The minimum atomic E-state index is -1.08. The van der Waals surface area contributed by atoms with Crippen LogP contribution >= 0.6 is 11.3 Å². The van der Waals surface area contributed by atoms with Gasteiger partial charge in [0.2, 0.25) is 5.91 Å². The SMILES string of the molecule is CC(C)(C)C(c1cc2nc(-c3cccc4[nH]ncc34)nc(N3CCOCC3)c2s1)N(CCCC(=O)NO)C(=O)O. The monoisotopic (exact) mass is 567 g/mol. The average Bonchev–Trinajstić information content (AvgIpc) is 3.58. The minimum Gasteiger partial charge on any atom is -0.465 e. The number of carbonyl (C=O) groups excluding carboxylic acids is 1. The summed E-state index contributed by atoms with van der Waals surface area (Å²) >= 11 is 1.50. The van der Waals surface area contributed by atoms with Gasteiger partial charge >= 0.3 is 6.09 Å². The molecule has 212 valence electrons. The Morgan fingerprint density at radius 3 is 2.73 bits per heavy atom. The lowest BCUT2D eigenvalue weighted by atomic mass is 9.84. The molecular weight excluding hydrogens is 534 g/mol. The Morgan fingerprint density at radius 1 is 1.25 bits per heavy atom. The summed E-state index contributed by atoms with van der Waals surface area (Å²) in [6.07, 6.45) is 0.976. The second-order valence-corrected chi connectivity index (χ2v) is 11.9. The van der Waals surface area contributed by atoms with Gasteiger partial charge in [-0.3, -0.25) is 20.0 Å². The number of aromatic amines is 1. The highest BCUT2D eigenvalue weighted by atomic mass is 32.1. The van der Waals surface area contributed by atoms with E-state index in [1.807, 2.05) is 45.0 Å². The van der Waals surface area contributed by atoms with Crippen LogP contribution < -0.4 is 10.4 Å². The van der Waals surface area contributed by atoms with Crippen molar-refractivity contribution in [3.63, 3.8) is 0 Å². The molecule has 1 aliphatic heterocycles. The zero-order valence-electron chi connectivity index (χ0n) is 22.7. The van der Waals surface area contributed by atoms with Gasteiger partial charge in [0.15, 0.2) is 11.6 Å². The molecule has 2 amide bonds. The van der Waals surface area contributed by atoms with Gasteiger partial charge in [-0.05, 0) is 24.0 Å². The third-order valence-electron chi connectivity index (χ3n) is 6.98. The van der Waals surface area contributed by atoms with Crippen LogP contribution in [0.15, 0.2) is 30.5 Å². The summed E-state index contributed by atoms with van der Waals surface area (Å²) in [5.74, 6) is 0.821. The first-order valence-electron chi connectivity index (χ1n) is 13.2. The molecule has 0 aliphatic carbocycles. The van der Waals surface area contributed by atoms with E-state index in [2.05, 4.69) is 15.1 Å². The molecule has 40 heavy (non-hydrogen) atoms. The number of amides is 2. The van der Waals surface area contributed by atoms with Crippen molar-refractivity contribution in [1.82, 2.24) is 30.5 Å². The fraction of sp³-hybridized carbons (Fsp3) is 0.444. The van der Waals surface area contributed by atoms with Crippen LogP contribution in [-0.2, 0) is 9.53 Å². The zero-order chi connectivity index (χ0) is 28.4. The second-order valence-electron chi connectivity index (χ2n) is 10.9. The Hall–Kier alpha value is -3.81. The predicted molar refractivity (Wildman–Crippen MR) is 152 cm³/mol. The highest BCUT2D eigenvalue weighted by molar-refractivity contribution is 7.19. The molecule has 3 aromatic heterocycles. The number of hydroxylamine groups is 1. The molecule has 1 aliphatic rings. The number of rotatable bonds is 8. The lowest BCUT2D eigenvalue weighted by Crippen LogP contribution is -2.41. The van der Waals surface area contributed by atoms with E-state index in [9.17, 15) is 14.7 Å². The maximum absolute atomic E-state index is 12.5. The number of H-pyrrole nitrogens is 1. The van der Waals surface area contributed by atoms with Crippen molar-refractivity contribution < 1.29 is 24.6 Å². The second kappa shape index (κ2) is 11.4. The molecule has 1 saturated heterocycles. The third-order valence-corrected chi connectivity index (χ3v) is 8.16. The molecule has 0 saturated carbocycles. The number of carboxylic acid groups (broad SMARTS) is 1. The van der Waals surface area contributed by atoms with Gasteiger partial charge in [0.05, 0.1) is 41.2 Å². The number of ether oxygens (including phenoxy) is 1. The van der Waals surface area contributed by atoms with Gasteiger partial charge in [-0.25, -0.2) is 20.2 Å². The van der Waals surface area contributed by atoms with Crippen LogP contribution in [0, 0.1) is 5.41 Å².